The lowest BCUT2D eigenvalue weighted by Crippen LogP contribution is -2.31. The number of halogens is 1. The Balaban J connectivity index is 2.44. The molecule has 0 atom stereocenters. The van der Waals surface area contributed by atoms with Crippen LogP contribution in [-0.4, -0.2) is 38.1 Å². The predicted octanol–water partition coefficient (Wildman–Crippen LogP) is 3.80. The van der Waals surface area contributed by atoms with Gasteiger partial charge < -0.3 is 10.1 Å². The normalized spacial score (nSPS) is 10.7. The summed E-state index contributed by atoms with van der Waals surface area (Å²) < 4.78 is 5.21. The van der Waals surface area contributed by atoms with Gasteiger partial charge in [0.05, 0.1) is 19.3 Å². The first-order valence-corrected chi connectivity index (χ1v) is 7.76. The van der Waals surface area contributed by atoms with E-state index in [0.717, 1.165) is 13.0 Å². The number of hydrogen-bond donors (Lipinski definition) is 1. The van der Waals surface area contributed by atoms with Crippen molar-refractivity contribution in [3.63, 3.8) is 0 Å². The summed E-state index contributed by atoms with van der Waals surface area (Å²) >= 11 is 5.94. The van der Waals surface area contributed by atoms with Gasteiger partial charge in [-0.25, -0.2) is 0 Å². The Labute approximate surface area is 132 Å². The molecule has 0 aromatic heterocycles. The average molecular weight is 313 g/mol. The molecule has 4 nitrogen and oxygen atoms in total. The number of hydrogen-bond acceptors (Lipinski definition) is 3. The number of benzene rings is 1. The van der Waals surface area contributed by atoms with Gasteiger partial charge in [0.1, 0.15) is 5.75 Å². The van der Waals surface area contributed by atoms with Crippen LogP contribution in [0.15, 0.2) is 18.2 Å². The number of nitrogens with one attached hydrogen (secondary N) is 1. The van der Waals surface area contributed by atoms with Crippen LogP contribution in [0, 0.1) is 0 Å². The third-order valence-corrected chi connectivity index (χ3v) is 3.48. The molecular formula is C16H25ClN2O2. The molecule has 5 heteroatoms. The summed E-state index contributed by atoms with van der Waals surface area (Å²) in [6.07, 6.45) is 4.81. The van der Waals surface area contributed by atoms with E-state index in [-0.39, 0.29) is 5.91 Å². The molecule has 0 heterocycles. The zero-order chi connectivity index (χ0) is 15.7. The molecule has 1 rings (SSSR count). The van der Waals surface area contributed by atoms with Crippen molar-refractivity contribution in [2.24, 2.45) is 0 Å². The lowest BCUT2D eigenvalue weighted by molar-refractivity contribution is -0.117. The zero-order valence-electron chi connectivity index (χ0n) is 13.1. The minimum absolute atomic E-state index is 0.0615. The Kier molecular flexibility index (Phi) is 8.16. The molecule has 0 saturated carbocycles. The van der Waals surface area contributed by atoms with Crippen LogP contribution >= 0.6 is 11.6 Å². The molecule has 0 bridgehead atoms. The summed E-state index contributed by atoms with van der Waals surface area (Å²) in [5.74, 6) is 0.548. The average Bonchev–Trinajstić information content (AvgIpc) is 2.43. The first kappa shape index (κ1) is 17.8. The number of anilines is 1. The van der Waals surface area contributed by atoms with E-state index in [1.807, 2.05) is 11.9 Å². The van der Waals surface area contributed by atoms with Crippen LogP contribution in [0.2, 0.25) is 5.02 Å². The SMILES string of the molecule is CCCCCCN(C)CC(=O)Nc1cc(Cl)ccc1OC. The molecule has 0 fully saturated rings. The van der Waals surface area contributed by atoms with E-state index in [1.54, 1.807) is 25.3 Å². The first-order chi connectivity index (χ1) is 10.1. The summed E-state index contributed by atoms with van der Waals surface area (Å²) in [5, 5.41) is 3.41. The molecule has 21 heavy (non-hydrogen) atoms. The lowest BCUT2D eigenvalue weighted by Gasteiger charge is -2.17. The van der Waals surface area contributed by atoms with Crippen LogP contribution in [0.25, 0.3) is 0 Å². The van der Waals surface area contributed by atoms with Gasteiger partial charge in [-0.1, -0.05) is 37.8 Å². The molecule has 0 aliphatic heterocycles. The number of ether oxygens (including phenoxy) is 1. The second-order valence-corrected chi connectivity index (χ2v) is 5.63. The molecule has 0 radical (unpaired) electrons. The number of methoxy groups -OCH3 is 1. The van der Waals surface area contributed by atoms with E-state index in [4.69, 9.17) is 16.3 Å². The van der Waals surface area contributed by atoms with Gasteiger partial charge in [0.2, 0.25) is 5.91 Å². The monoisotopic (exact) mass is 312 g/mol. The number of likely N-dealkylation sites (N-methyl/N-ethyl adjacent to an activating group) is 1. The maximum atomic E-state index is 12.0. The standard InChI is InChI=1S/C16H25ClN2O2/c1-4-5-6-7-10-19(2)12-16(20)18-14-11-13(17)8-9-15(14)21-3/h8-9,11H,4-7,10,12H2,1-3H3,(H,18,20). The van der Waals surface area contributed by atoms with Crippen LogP contribution < -0.4 is 10.1 Å². The topological polar surface area (TPSA) is 41.6 Å². The molecular weight excluding hydrogens is 288 g/mol. The Morgan fingerprint density at radius 3 is 2.76 bits per heavy atom. The minimum atomic E-state index is -0.0615. The number of carbonyl (C=O) groups excluding carboxylic acids is 1. The lowest BCUT2D eigenvalue weighted by atomic mass is 10.2. The summed E-state index contributed by atoms with van der Waals surface area (Å²) in [5.41, 5.74) is 0.606. The van der Waals surface area contributed by atoms with E-state index in [9.17, 15) is 4.79 Å². The van der Waals surface area contributed by atoms with E-state index in [0.29, 0.717) is 23.0 Å². The molecule has 1 amide bonds. The molecule has 1 N–H and O–H groups in total. The van der Waals surface area contributed by atoms with E-state index in [1.165, 1.54) is 19.3 Å². The van der Waals surface area contributed by atoms with Crippen molar-refractivity contribution in [2.45, 2.75) is 32.6 Å². The highest BCUT2D eigenvalue weighted by atomic mass is 35.5. The van der Waals surface area contributed by atoms with Gasteiger partial charge >= 0.3 is 0 Å². The van der Waals surface area contributed by atoms with Crippen molar-refractivity contribution < 1.29 is 9.53 Å². The molecule has 0 unspecified atom stereocenters. The molecule has 0 spiro atoms. The largest absolute Gasteiger partial charge is 0.495 e. The van der Waals surface area contributed by atoms with E-state index < -0.39 is 0 Å². The van der Waals surface area contributed by atoms with Crippen LogP contribution in [0.4, 0.5) is 5.69 Å². The fourth-order valence-electron chi connectivity index (χ4n) is 2.10. The maximum absolute atomic E-state index is 12.0. The summed E-state index contributed by atoms with van der Waals surface area (Å²) in [7, 11) is 3.53. The minimum Gasteiger partial charge on any atom is -0.495 e. The van der Waals surface area contributed by atoms with Crippen molar-refractivity contribution in [2.75, 3.05) is 32.6 Å². The fraction of sp³-hybridized carbons (Fsp3) is 0.562. The Morgan fingerprint density at radius 1 is 1.33 bits per heavy atom. The van der Waals surface area contributed by atoms with Crippen molar-refractivity contribution in [3.05, 3.63) is 23.2 Å². The number of carbonyl (C=O) groups is 1. The van der Waals surface area contributed by atoms with Crippen LogP contribution in [-0.2, 0) is 4.79 Å². The number of rotatable bonds is 9. The highest BCUT2D eigenvalue weighted by Gasteiger charge is 2.10. The van der Waals surface area contributed by atoms with Gasteiger partial charge in [-0.2, -0.15) is 0 Å². The molecule has 1 aromatic carbocycles. The molecule has 1 aromatic rings. The Bertz CT molecular complexity index is 452. The first-order valence-electron chi connectivity index (χ1n) is 7.38. The Morgan fingerprint density at radius 2 is 2.10 bits per heavy atom. The van der Waals surface area contributed by atoms with E-state index in [2.05, 4.69) is 12.2 Å². The fourth-order valence-corrected chi connectivity index (χ4v) is 2.27. The van der Waals surface area contributed by atoms with Gasteiger partial charge in [0.25, 0.3) is 0 Å². The third-order valence-electron chi connectivity index (χ3n) is 3.24. The maximum Gasteiger partial charge on any atom is 0.238 e. The van der Waals surface area contributed by atoms with Gasteiger partial charge in [-0.3, -0.25) is 9.69 Å². The van der Waals surface area contributed by atoms with E-state index >= 15 is 0 Å². The highest BCUT2D eigenvalue weighted by Crippen LogP contribution is 2.27. The molecule has 0 aliphatic carbocycles. The van der Waals surface area contributed by atoms with Gasteiger partial charge in [0, 0.05) is 5.02 Å². The highest BCUT2D eigenvalue weighted by molar-refractivity contribution is 6.31. The quantitative estimate of drug-likeness (QED) is 0.705. The smallest absolute Gasteiger partial charge is 0.238 e. The summed E-state index contributed by atoms with van der Waals surface area (Å²) in [4.78, 5) is 14.1. The molecule has 0 saturated heterocycles. The molecule has 0 aliphatic rings. The summed E-state index contributed by atoms with van der Waals surface area (Å²) in [6, 6.07) is 5.17. The van der Waals surface area contributed by atoms with Crippen LogP contribution in [0.1, 0.15) is 32.6 Å². The second kappa shape index (κ2) is 9.64. The van der Waals surface area contributed by atoms with Gasteiger partial charge in [-0.05, 0) is 38.2 Å². The van der Waals surface area contributed by atoms with Gasteiger partial charge in [-0.15, -0.1) is 0 Å². The number of amides is 1. The van der Waals surface area contributed by atoms with Crippen LogP contribution in [0.5, 0.6) is 5.75 Å². The Hall–Kier alpha value is -1.26. The van der Waals surface area contributed by atoms with Gasteiger partial charge in [0.15, 0.2) is 0 Å². The zero-order valence-corrected chi connectivity index (χ0v) is 13.9. The molecule has 118 valence electrons. The number of nitrogens with zero attached hydrogens (tertiary/aromatic N) is 1. The third kappa shape index (κ3) is 6.82. The van der Waals surface area contributed by atoms with Crippen molar-refractivity contribution >= 4 is 23.2 Å². The van der Waals surface area contributed by atoms with Crippen molar-refractivity contribution in [3.8, 4) is 5.75 Å². The van der Waals surface area contributed by atoms with Crippen LogP contribution in [0.3, 0.4) is 0 Å². The number of unbranched alkanes of at least 4 members (excludes halogenated alkanes) is 3. The van der Waals surface area contributed by atoms with Crippen molar-refractivity contribution in [1.29, 1.82) is 0 Å². The van der Waals surface area contributed by atoms with Crippen molar-refractivity contribution in [1.82, 2.24) is 4.90 Å². The second-order valence-electron chi connectivity index (χ2n) is 5.19. The predicted molar refractivity (Wildman–Crippen MR) is 88.3 cm³/mol. The summed E-state index contributed by atoms with van der Waals surface area (Å²) in [6.45, 7) is 3.48.